The Balaban J connectivity index is 2.11. The van der Waals surface area contributed by atoms with Crippen molar-refractivity contribution in [3.05, 3.63) is 22.7 Å². The maximum absolute atomic E-state index is 12.2. The van der Waals surface area contributed by atoms with Crippen LogP contribution in [0.15, 0.2) is 27.6 Å². The summed E-state index contributed by atoms with van der Waals surface area (Å²) in [5, 5.41) is 10.3. The van der Waals surface area contributed by atoms with E-state index in [1.54, 1.807) is 12.1 Å². The van der Waals surface area contributed by atoms with Gasteiger partial charge in [0.2, 0.25) is 10.0 Å². The zero-order valence-corrected chi connectivity index (χ0v) is 13.5. The van der Waals surface area contributed by atoms with Crippen LogP contribution in [0.25, 0.3) is 0 Å². The lowest BCUT2D eigenvalue weighted by atomic mass is 9.85. The molecule has 20 heavy (non-hydrogen) atoms. The highest BCUT2D eigenvalue weighted by Crippen LogP contribution is 2.28. The van der Waals surface area contributed by atoms with Gasteiger partial charge < -0.3 is 10.8 Å². The lowest BCUT2D eigenvalue weighted by Crippen LogP contribution is -2.44. The van der Waals surface area contributed by atoms with E-state index in [2.05, 4.69) is 20.7 Å². The third kappa shape index (κ3) is 3.72. The van der Waals surface area contributed by atoms with E-state index in [1.165, 1.54) is 6.07 Å². The van der Waals surface area contributed by atoms with Gasteiger partial charge in [0.1, 0.15) is 4.90 Å². The van der Waals surface area contributed by atoms with Crippen molar-refractivity contribution in [3.8, 4) is 0 Å². The topological polar surface area (TPSA) is 92.4 Å². The molecule has 0 bridgehead atoms. The molecular weight excluding hydrogens is 344 g/mol. The second-order valence-corrected chi connectivity index (χ2v) is 7.94. The zero-order chi connectivity index (χ0) is 14.8. The van der Waals surface area contributed by atoms with Crippen molar-refractivity contribution in [2.45, 2.75) is 42.6 Å². The normalized spacial score (nSPS) is 18.9. The summed E-state index contributed by atoms with van der Waals surface area (Å²) in [6.07, 6.45) is 4.21. The maximum Gasteiger partial charge on any atom is 0.242 e. The predicted molar refractivity (Wildman–Crippen MR) is 81.8 cm³/mol. The van der Waals surface area contributed by atoms with E-state index < -0.39 is 15.6 Å². The van der Waals surface area contributed by atoms with Crippen molar-refractivity contribution in [2.24, 2.45) is 0 Å². The Labute approximate surface area is 127 Å². The monoisotopic (exact) mass is 362 g/mol. The molecule has 0 aliphatic heterocycles. The van der Waals surface area contributed by atoms with Gasteiger partial charge in [0.05, 0.1) is 11.3 Å². The van der Waals surface area contributed by atoms with E-state index in [4.69, 9.17) is 5.73 Å². The number of sulfonamides is 1. The van der Waals surface area contributed by atoms with Crippen molar-refractivity contribution in [2.75, 3.05) is 12.3 Å². The van der Waals surface area contributed by atoms with E-state index in [9.17, 15) is 13.5 Å². The molecule has 1 aliphatic carbocycles. The average molecular weight is 363 g/mol. The first kappa shape index (κ1) is 15.8. The molecule has 1 aliphatic rings. The summed E-state index contributed by atoms with van der Waals surface area (Å²) in [7, 11) is -3.70. The number of hydrogen-bond donors (Lipinski definition) is 3. The van der Waals surface area contributed by atoms with Crippen LogP contribution in [0, 0.1) is 0 Å². The molecule has 1 fully saturated rings. The highest BCUT2D eigenvalue weighted by molar-refractivity contribution is 9.10. The van der Waals surface area contributed by atoms with Gasteiger partial charge in [0.15, 0.2) is 0 Å². The van der Waals surface area contributed by atoms with E-state index >= 15 is 0 Å². The molecule has 0 aromatic heterocycles. The van der Waals surface area contributed by atoms with Crippen LogP contribution in [0.5, 0.6) is 0 Å². The summed E-state index contributed by atoms with van der Waals surface area (Å²) in [5.41, 5.74) is 4.99. The maximum atomic E-state index is 12.2. The van der Waals surface area contributed by atoms with Gasteiger partial charge in [0.25, 0.3) is 0 Å². The second-order valence-electron chi connectivity index (χ2n) is 5.29. The number of nitrogens with one attached hydrogen (secondary N) is 1. The molecular formula is C13H19BrN2O3S. The van der Waals surface area contributed by atoms with Gasteiger partial charge in [-0.2, -0.15) is 0 Å². The van der Waals surface area contributed by atoms with Gasteiger partial charge in [-0.05, 0) is 31.0 Å². The van der Waals surface area contributed by atoms with Crippen molar-refractivity contribution in [1.82, 2.24) is 4.72 Å². The Morgan fingerprint density at radius 3 is 2.55 bits per heavy atom. The number of aliphatic hydroxyl groups is 1. The minimum Gasteiger partial charge on any atom is -0.398 e. The summed E-state index contributed by atoms with van der Waals surface area (Å²) < 4.78 is 27.7. The number of nitrogen functional groups attached to an aromatic ring is 1. The van der Waals surface area contributed by atoms with Crippen LogP contribution in [-0.2, 0) is 10.0 Å². The number of benzene rings is 1. The molecule has 5 nitrogen and oxygen atoms in total. The standard InChI is InChI=1S/C13H19BrN2O3S/c14-10-4-5-12(11(15)8-10)20(18,19)16-9-13(17)6-2-1-3-7-13/h4-5,8,16-17H,1-3,6-7,9,15H2. The molecule has 112 valence electrons. The fraction of sp³-hybridized carbons (Fsp3) is 0.538. The average Bonchev–Trinajstić information content (AvgIpc) is 2.37. The number of anilines is 1. The molecule has 7 heteroatoms. The molecule has 0 unspecified atom stereocenters. The van der Waals surface area contributed by atoms with Crippen LogP contribution in [0.3, 0.4) is 0 Å². The van der Waals surface area contributed by atoms with Crippen LogP contribution < -0.4 is 10.5 Å². The van der Waals surface area contributed by atoms with E-state index in [0.717, 1.165) is 23.7 Å². The Morgan fingerprint density at radius 2 is 1.95 bits per heavy atom. The smallest absolute Gasteiger partial charge is 0.242 e. The molecule has 1 aromatic carbocycles. The fourth-order valence-electron chi connectivity index (χ4n) is 2.46. The fourth-order valence-corrected chi connectivity index (χ4v) is 4.07. The molecule has 0 spiro atoms. The summed E-state index contributed by atoms with van der Waals surface area (Å²) in [4.78, 5) is 0.0418. The largest absolute Gasteiger partial charge is 0.398 e. The van der Waals surface area contributed by atoms with Crippen molar-refractivity contribution in [3.63, 3.8) is 0 Å². The SMILES string of the molecule is Nc1cc(Br)ccc1S(=O)(=O)NCC1(O)CCCCC1. The molecule has 0 saturated heterocycles. The molecule has 0 amide bonds. The molecule has 0 radical (unpaired) electrons. The summed E-state index contributed by atoms with van der Waals surface area (Å²) >= 11 is 3.24. The van der Waals surface area contributed by atoms with Gasteiger partial charge in [-0.3, -0.25) is 0 Å². The third-order valence-corrected chi connectivity index (χ3v) is 5.61. The lowest BCUT2D eigenvalue weighted by Gasteiger charge is -2.32. The molecule has 1 aromatic rings. The van der Waals surface area contributed by atoms with Crippen LogP contribution in [0.4, 0.5) is 5.69 Å². The Kier molecular flexibility index (Phi) is 4.73. The van der Waals surface area contributed by atoms with Crippen LogP contribution in [0.2, 0.25) is 0 Å². The van der Waals surface area contributed by atoms with Crippen molar-refractivity contribution >= 4 is 31.6 Å². The predicted octanol–water partition coefficient (Wildman–Crippen LogP) is 2.00. The number of rotatable bonds is 4. The Hall–Kier alpha value is -0.630. The van der Waals surface area contributed by atoms with E-state index in [0.29, 0.717) is 12.8 Å². The minimum atomic E-state index is -3.70. The molecule has 0 heterocycles. The molecule has 2 rings (SSSR count). The molecule has 4 N–H and O–H groups in total. The first-order chi connectivity index (χ1) is 9.32. The Morgan fingerprint density at radius 1 is 1.30 bits per heavy atom. The van der Waals surface area contributed by atoms with Gasteiger partial charge in [0, 0.05) is 11.0 Å². The molecule has 1 saturated carbocycles. The van der Waals surface area contributed by atoms with Crippen molar-refractivity contribution < 1.29 is 13.5 Å². The number of hydrogen-bond acceptors (Lipinski definition) is 4. The highest BCUT2D eigenvalue weighted by Gasteiger charge is 2.31. The number of halogens is 1. The Bertz CT molecular complexity index is 583. The zero-order valence-electron chi connectivity index (χ0n) is 11.1. The third-order valence-electron chi connectivity index (χ3n) is 3.64. The summed E-state index contributed by atoms with van der Waals surface area (Å²) in [5.74, 6) is 0. The molecule has 0 atom stereocenters. The second kappa shape index (κ2) is 6.01. The lowest BCUT2D eigenvalue weighted by molar-refractivity contribution is 0.00946. The first-order valence-electron chi connectivity index (χ1n) is 6.60. The van der Waals surface area contributed by atoms with E-state index in [1.807, 2.05) is 0 Å². The van der Waals surface area contributed by atoms with E-state index in [-0.39, 0.29) is 17.1 Å². The van der Waals surface area contributed by atoms with Gasteiger partial charge >= 0.3 is 0 Å². The van der Waals surface area contributed by atoms with Crippen LogP contribution in [0.1, 0.15) is 32.1 Å². The minimum absolute atomic E-state index is 0.0326. The van der Waals surface area contributed by atoms with Crippen LogP contribution >= 0.6 is 15.9 Å². The number of nitrogens with two attached hydrogens (primary N) is 1. The van der Waals surface area contributed by atoms with Gasteiger partial charge in [-0.25, -0.2) is 13.1 Å². The van der Waals surface area contributed by atoms with Crippen LogP contribution in [-0.4, -0.2) is 25.7 Å². The quantitative estimate of drug-likeness (QED) is 0.714. The summed E-state index contributed by atoms with van der Waals surface area (Å²) in [6, 6.07) is 4.62. The summed E-state index contributed by atoms with van der Waals surface area (Å²) in [6.45, 7) is 0.0326. The first-order valence-corrected chi connectivity index (χ1v) is 8.87. The highest BCUT2D eigenvalue weighted by atomic mass is 79.9. The van der Waals surface area contributed by atoms with Gasteiger partial charge in [-0.1, -0.05) is 35.2 Å². The van der Waals surface area contributed by atoms with Crippen molar-refractivity contribution in [1.29, 1.82) is 0 Å². The van der Waals surface area contributed by atoms with Gasteiger partial charge in [-0.15, -0.1) is 0 Å².